The lowest BCUT2D eigenvalue weighted by molar-refractivity contribution is -0.123. The van der Waals surface area contributed by atoms with Gasteiger partial charge >= 0.3 is 0 Å². The molecule has 39 heavy (non-hydrogen) atoms. The maximum atomic E-state index is 13.7. The molecule has 3 fully saturated rings. The number of benzene rings is 2. The number of sulfone groups is 1. The number of carbonyl (C=O) groups is 2. The van der Waals surface area contributed by atoms with Crippen molar-refractivity contribution in [2.45, 2.75) is 60.7 Å². The number of fused-ring (bicyclic) bond motifs is 2. The van der Waals surface area contributed by atoms with E-state index < -0.39 is 44.0 Å². The summed E-state index contributed by atoms with van der Waals surface area (Å²) < 4.78 is 67.7. The standard InChI is InChI=1S/C28H27ClF3NO5S/c1-14-8-20(14)24(34)6-7-28(36)16-3-4-17(28)11-19(10-16)39(37,38)25-9-15(2-5-21(25)29)27(35)33-18-12-22(30)26(32)23(31)13-18/h2,5,9,12-13,16-17,19-20,36H,1,3-4,6-8,10-11H2,(H,33,35)/t16-,17?,19?,20?,28?/m0/s1. The zero-order valence-corrected chi connectivity index (χ0v) is 22.4. The molecule has 0 saturated heterocycles. The number of anilines is 1. The summed E-state index contributed by atoms with van der Waals surface area (Å²) >= 11 is 6.25. The predicted molar refractivity (Wildman–Crippen MR) is 139 cm³/mol. The first kappa shape index (κ1) is 27.9. The molecule has 0 spiro atoms. The predicted octanol–water partition coefficient (Wildman–Crippen LogP) is 5.63. The van der Waals surface area contributed by atoms with E-state index in [1.54, 1.807) is 0 Å². The van der Waals surface area contributed by atoms with Crippen molar-refractivity contribution in [1.82, 2.24) is 0 Å². The van der Waals surface area contributed by atoms with E-state index >= 15 is 0 Å². The smallest absolute Gasteiger partial charge is 0.255 e. The van der Waals surface area contributed by atoms with E-state index in [1.165, 1.54) is 12.1 Å². The highest BCUT2D eigenvalue weighted by Crippen LogP contribution is 2.54. The molecule has 0 aliphatic heterocycles. The van der Waals surface area contributed by atoms with Gasteiger partial charge in [-0.25, -0.2) is 21.6 Å². The fourth-order valence-electron chi connectivity index (χ4n) is 6.19. The maximum absolute atomic E-state index is 13.7. The number of carbonyl (C=O) groups excluding carboxylic acids is 2. The van der Waals surface area contributed by atoms with Gasteiger partial charge in [0, 0.05) is 35.7 Å². The molecule has 5 rings (SSSR count). The van der Waals surface area contributed by atoms with Crippen LogP contribution in [0.15, 0.2) is 47.4 Å². The number of Topliss-reactive ketones (excluding diaryl/α,β-unsaturated/α-hetero) is 1. The summed E-state index contributed by atoms with van der Waals surface area (Å²) in [5.74, 6) is -6.15. The van der Waals surface area contributed by atoms with Crippen molar-refractivity contribution in [3.05, 3.63) is 70.5 Å². The molecule has 5 atom stereocenters. The number of allylic oxidation sites excluding steroid dienone is 1. The van der Waals surface area contributed by atoms with Crippen molar-refractivity contribution in [1.29, 1.82) is 0 Å². The quantitative estimate of drug-likeness (QED) is 0.311. The van der Waals surface area contributed by atoms with E-state index in [4.69, 9.17) is 11.6 Å². The van der Waals surface area contributed by atoms with Gasteiger partial charge in [0.25, 0.3) is 5.91 Å². The Balaban J connectivity index is 1.32. The van der Waals surface area contributed by atoms with E-state index in [2.05, 4.69) is 11.9 Å². The number of aliphatic hydroxyl groups is 1. The molecule has 11 heteroatoms. The zero-order chi connectivity index (χ0) is 28.3. The molecule has 0 heterocycles. The molecule has 0 aromatic heterocycles. The Kier molecular flexibility index (Phi) is 7.18. The van der Waals surface area contributed by atoms with Gasteiger partial charge in [-0.05, 0) is 68.6 Å². The highest BCUT2D eigenvalue weighted by molar-refractivity contribution is 7.92. The van der Waals surface area contributed by atoms with Crippen LogP contribution in [0.2, 0.25) is 5.02 Å². The van der Waals surface area contributed by atoms with E-state index in [-0.39, 0.29) is 64.0 Å². The van der Waals surface area contributed by atoms with Crippen LogP contribution < -0.4 is 5.32 Å². The van der Waals surface area contributed by atoms with Crippen LogP contribution in [0.5, 0.6) is 0 Å². The molecule has 2 aromatic rings. The van der Waals surface area contributed by atoms with Crippen LogP contribution in [0.3, 0.4) is 0 Å². The molecule has 4 unspecified atom stereocenters. The minimum atomic E-state index is -4.03. The molecule has 208 valence electrons. The minimum absolute atomic E-state index is 0.0653. The topological polar surface area (TPSA) is 101 Å². The molecular formula is C28H27ClF3NO5S. The summed E-state index contributed by atoms with van der Waals surface area (Å²) in [4.78, 5) is 24.8. The third-order valence-corrected chi connectivity index (χ3v) is 11.2. The molecule has 2 bridgehead atoms. The number of rotatable bonds is 8. The van der Waals surface area contributed by atoms with Crippen LogP contribution in [0.25, 0.3) is 0 Å². The molecule has 3 saturated carbocycles. The third kappa shape index (κ3) is 5.14. The first-order chi connectivity index (χ1) is 18.3. The molecule has 1 amide bonds. The second-order valence-electron chi connectivity index (χ2n) is 10.8. The van der Waals surface area contributed by atoms with Crippen molar-refractivity contribution in [2.75, 3.05) is 5.32 Å². The molecule has 3 aliphatic rings. The van der Waals surface area contributed by atoms with Gasteiger partial charge in [-0.15, -0.1) is 0 Å². The zero-order valence-electron chi connectivity index (χ0n) is 20.9. The van der Waals surface area contributed by atoms with Crippen LogP contribution in [0.1, 0.15) is 55.3 Å². The van der Waals surface area contributed by atoms with Crippen molar-refractivity contribution >= 4 is 38.8 Å². The minimum Gasteiger partial charge on any atom is -0.389 e. The van der Waals surface area contributed by atoms with Gasteiger partial charge in [-0.1, -0.05) is 23.8 Å². The largest absolute Gasteiger partial charge is 0.389 e. The van der Waals surface area contributed by atoms with Crippen LogP contribution in [-0.4, -0.2) is 36.1 Å². The lowest BCUT2D eigenvalue weighted by atomic mass is 9.71. The Morgan fingerprint density at radius 3 is 2.23 bits per heavy atom. The highest BCUT2D eigenvalue weighted by atomic mass is 35.5. The summed E-state index contributed by atoms with van der Waals surface area (Å²) in [7, 11) is -4.03. The Labute approximate surface area is 229 Å². The number of ketones is 1. The number of amides is 1. The summed E-state index contributed by atoms with van der Waals surface area (Å²) in [6.45, 7) is 3.81. The van der Waals surface area contributed by atoms with Gasteiger partial charge in [-0.2, -0.15) is 0 Å². The van der Waals surface area contributed by atoms with Crippen molar-refractivity contribution < 1.29 is 36.3 Å². The Morgan fingerprint density at radius 2 is 1.67 bits per heavy atom. The lowest BCUT2D eigenvalue weighted by Gasteiger charge is -2.42. The SMILES string of the molecule is C=C1CC1C(=O)CCC1(O)C2CC[C@H]1CC(S(=O)(=O)c1cc(C(=O)Nc3cc(F)c(F)c(F)c3)ccc1Cl)C2. The van der Waals surface area contributed by atoms with E-state index in [1.807, 2.05) is 0 Å². The Bertz CT molecular complexity index is 1460. The number of halogens is 4. The van der Waals surface area contributed by atoms with E-state index in [9.17, 15) is 36.3 Å². The van der Waals surface area contributed by atoms with Crippen LogP contribution in [0.4, 0.5) is 18.9 Å². The summed E-state index contributed by atoms with van der Waals surface area (Å²) in [6, 6.07) is 4.84. The van der Waals surface area contributed by atoms with Crippen molar-refractivity contribution in [3.63, 3.8) is 0 Å². The fourth-order valence-corrected chi connectivity index (χ4v) is 8.59. The van der Waals surface area contributed by atoms with E-state index in [0.717, 1.165) is 11.6 Å². The first-order valence-electron chi connectivity index (χ1n) is 12.7. The number of hydrogen-bond donors (Lipinski definition) is 2. The summed E-state index contributed by atoms with van der Waals surface area (Å²) in [5.41, 5.74) is -0.667. The van der Waals surface area contributed by atoms with Crippen molar-refractivity contribution in [3.8, 4) is 0 Å². The highest BCUT2D eigenvalue weighted by Gasteiger charge is 2.55. The molecule has 2 N–H and O–H groups in total. The van der Waals surface area contributed by atoms with Gasteiger partial charge in [0.2, 0.25) is 0 Å². The van der Waals surface area contributed by atoms with Crippen molar-refractivity contribution in [2.24, 2.45) is 17.8 Å². The van der Waals surface area contributed by atoms with E-state index in [0.29, 0.717) is 37.8 Å². The normalized spacial score (nSPS) is 27.9. The Morgan fingerprint density at radius 1 is 1.08 bits per heavy atom. The molecule has 6 nitrogen and oxygen atoms in total. The maximum Gasteiger partial charge on any atom is 0.255 e. The van der Waals surface area contributed by atoms with Crippen LogP contribution in [-0.2, 0) is 14.6 Å². The molecule has 0 radical (unpaired) electrons. The molecule has 3 aliphatic carbocycles. The molecule has 2 aromatic carbocycles. The average Bonchev–Trinajstić information content (AvgIpc) is 3.60. The average molecular weight is 582 g/mol. The van der Waals surface area contributed by atoms with Gasteiger partial charge < -0.3 is 10.4 Å². The van der Waals surface area contributed by atoms with Crippen LogP contribution in [0, 0.1) is 35.2 Å². The second-order valence-corrected chi connectivity index (χ2v) is 13.4. The van der Waals surface area contributed by atoms with Gasteiger partial charge in [-0.3, -0.25) is 9.59 Å². The number of nitrogens with one attached hydrogen (secondary N) is 1. The van der Waals surface area contributed by atoms with Gasteiger partial charge in [0.1, 0.15) is 5.78 Å². The first-order valence-corrected chi connectivity index (χ1v) is 14.7. The number of hydrogen-bond acceptors (Lipinski definition) is 5. The second kappa shape index (κ2) is 10.1. The summed E-state index contributed by atoms with van der Waals surface area (Å²) in [6.07, 6.45) is 2.91. The summed E-state index contributed by atoms with van der Waals surface area (Å²) in [5, 5.41) is 12.8. The third-order valence-electron chi connectivity index (χ3n) is 8.51. The fraction of sp³-hybridized carbons (Fsp3) is 0.429. The van der Waals surface area contributed by atoms with Gasteiger partial charge in [0.05, 0.1) is 20.8 Å². The lowest BCUT2D eigenvalue weighted by Crippen LogP contribution is -2.48. The monoisotopic (exact) mass is 581 g/mol. The molecular weight excluding hydrogens is 555 g/mol. The Hall–Kier alpha value is -2.69. The van der Waals surface area contributed by atoms with Crippen LogP contribution >= 0.6 is 11.6 Å². The van der Waals surface area contributed by atoms with Gasteiger partial charge in [0.15, 0.2) is 27.3 Å².